The van der Waals surface area contributed by atoms with Crippen LogP contribution in [0.5, 0.6) is 34.5 Å². The Kier molecular flexibility index (Phi) is 31.2. The molecule has 5 amide bonds. The third kappa shape index (κ3) is 23.5. The van der Waals surface area contributed by atoms with Gasteiger partial charge in [-0.1, -0.05) is 59.8 Å². The number of pyridine rings is 3. The molecule has 30 nitrogen and oxygen atoms in total. The van der Waals surface area contributed by atoms with Crippen molar-refractivity contribution in [2.75, 3.05) is 54.2 Å². The molecule has 716 valence electrons. The number of esters is 4. The van der Waals surface area contributed by atoms with Crippen molar-refractivity contribution >= 4 is 117 Å². The van der Waals surface area contributed by atoms with Crippen molar-refractivity contribution in [1.82, 2.24) is 46.0 Å². The molecule has 14 atom stereocenters. The number of hydrogen-bond acceptors (Lipinski definition) is 24. The van der Waals surface area contributed by atoms with Gasteiger partial charge in [-0.3, -0.25) is 48.5 Å². The highest BCUT2D eigenvalue weighted by Crippen LogP contribution is 2.51. The van der Waals surface area contributed by atoms with Gasteiger partial charge in [0.1, 0.15) is 92.7 Å². The summed E-state index contributed by atoms with van der Waals surface area (Å²) in [4.78, 5) is 151. The Hall–Kier alpha value is -10.9. The number of likely N-dealkylation sites (tertiary alicyclic amines) is 2. The predicted molar refractivity (Wildman–Crippen MR) is 500 cm³/mol. The number of ether oxygens (including phenoxy) is 10. The first-order valence-electron chi connectivity index (χ1n) is 45.6. The molecule has 3 aliphatic heterocycles. The van der Waals surface area contributed by atoms with Gasteiger partial charge in [0.25, 0.3) is 0 Å². The third-order valence-electron chi connectivity index (χ3n) is 25.8. The summed E-state index contributed by atoms with van der Waals surface area (Å²) in [7, 11) is 4.85. The summed E-state index contributed by atoms with van der Waals surface area (Å²) < 4.78 is 57.6. The Morgan fingerprint density at radius 2 is 0.803 bits per heavy atom. The second kappa shape index (κ2) is 40.5. The molecule has 15 rings (SSSR count). The molecule has 6 saturated carbocycles. The maximum atomic E-state index is 14.5. The molecule has 3 aromatic carbocycles. The Labute approximate surface area is 784 Å². The summed E-state index contributed by atoms with van der Waals surface area (Å²) in [5, 5.41) is 24.3. The molecular formula is C100H131Cl2N9O21. The van der Waals surface area contributed by atoms with Gasteiger partial charge in [0.15, 0.2) is 0 Å². The van der Waals surface area contributed by atoms with Crippen molar-refractivity contribution in [1.29, 1.82) is 0 Å². The van der Waals surface area contributed by atoms with Crippen LogP contribution in [-0.4, -0.2) is 208 Å². The van der Waals surface area contributed by atoms with Crippen molar-refractivity contribution in [3.05, 3.63) is 128 Å². The Morgan fingerprint density at radius 1 is 0.477 bits per heavy atom. The fourth-order valence-electron chi connectivity index (χ4n) is 17.8. The van der Waals surface area contributed by atoms with Crippen molar-refractivity contribution in [3.8, 4) is 34.5 Å². The number of amides is 5. The molecule has 6 heterocycles. The first-order chi connectivity index (χ1) is 61.4. The molecule has 132 heavy (non-hydrogen) atoms. The van der Waals surface area contributed by atoms with Crippen LogP contribution in [0, 0.1) is 40.4 Å². The maximum absolute atomic E-state index is 14.5. The first kappa shape index (κ1) is 102. The molecular weight excluding hydrogens is 1730 g/mol. The third-order valence-corrected chi connectivity index (χ3v) is 25.8. The van der Waals surface area contributed by atoms with Crippen LogP contribution in [0.1, 0.15) is 222 Å². The van der Waals surface area contributed by atoms with Gasteiger partial charge in [0.05, 0.1) is 94.9 Å². The van der Waals surface area contributed by atoms with Crippen molar-refractivity contribution in [2.24, 2.45) is 40.4 Å². The van der Waals surface area contributed by atoms with Crippen LogP contribution in [0.25, 0.3) is 32.7 Å². The summed E-state index contributed by atoms with van der Waals surface area (Å²) in [6, 6.07) is 20.5. The largest absolute Gasteiger partial charge is 0.497 e. The van der Waals surface area contributed by atoms with Gasteiger partial charge in [-0.25, -0.2) is 14.4 Å². The van der Waals surface area contributed by atoms with E-state index in [-0.39, 0.29) is 113 Å². The molecule has 0 bridgehead atoms. The number of fused-ring (bicyclic) bond motifs is 3. The van der Waals surface area contributed by atoms with Crippen LogP contribution in [-0.2, 0) is 66.9 Å². The van der Waals surface area contributed by atoms with Gasteiger partial charge in [0, 0.05) is 131 Å². The summed E-state index contributed by atoms with van der Waals surface area (Å²) >= 11 is 0. The second-order valence-corrected chi connectivity index (χ2v) is 40.2. The van der Waals surface area contributed by atoms with Gasteiger partial charge in [-0.15, -0.1) is 44.6 Å². The van der Waals surface area contributed by atoms with E-state index < -0.39 is 134 Å². The summed E-state index contributed by atoms with van der Waals surface area (Å²) in [6.07, 6.45) is 11.6. The lowest BCUT2D eigenvalue weighted by Crippen LogP contribution is -2.55. The topological polar surface area (TPSA) is 376 Å². The SMILES string of the molecule is C=C[C@@H]1C[C@]1(NC(=O)[C@@H]1C[C@@H](Oc2cc(C3CC3)nc3cc(OC)ccc23)CN1)C(=O)OCC.C=C[C@@H]1C[C@]1(NC(=O)[C@@H]1C[C@@H](Oc2cc(C3CC3)nc3cc(OC)ccc23)CN1C(=O)[C@@H](CC(=O)OC(C)(C)C)C(C)(C)C)C(=O)O.C=C[C@@H]1C[C@]1(NC(=O)[C@@H]1C[C@@H](Oc2cc(C3CC3)nc3cc(OC)ccc23)CN1C(=O)[C@@H](CC(=O)OC(C)(C)C)C(C)(C)C)C(=O)OCC.Cl.Cl. The van der Waals surface area contributed by atoms with Crippen LogP contribution in [0.3, 0.4) is 0 Å². The van der Waals surface area contributed by atoms with Crippen molar-refractivity contribution in [3.63, 3.8) is 0 Å². The molecule has 0 radical (unpaired) electrons. The number of nitrogens with one attached hydrogen (secondary N) is 4. The minimum atomic E-state index is -1.47. The summed E-state index contributed by atoms with van der Waals surface area (Å²) in [5.74, 6) is -2.24. The fraction of sp³-hybridized carbons (Fsp3) is 0.570. The van der Waals surface area contributed by atoms with E-state index in [1.165, 1.54) is 15.9 Å². The van der Waals surface area contributed by atoms with E-state index in [9.17, 15) is 53.1 Å². The molecule has 3 saturated heterocycles. The average molecular weight is 1870 g/mol. The van der Waals surface area contributed by atoms with Gasteiger partial charge < -0.3 is 83.5 Å². The maximum Gasteiger partial charge on any atom is 0.332 e. The standard InChI is InChI=1S/C38H51N3O8.C36H47N3O8.C26H31N3O5.2ClH/c1-10-23-20-38(23,35(45)47-11-2)40-33(43)30-17-25(21-41(30)34(44)27(36(3,4)5)18-32(42)49-37(6,7)8)48-31-19-28(22-12-13-22)39-29-16-24(46-9)14-15-26(29)31;1-9-21-18-36(21,33(43)44)38-31(41)28-15-23(19-39(28)32(42)25(34(2,3)4)16-30(40)47-35(5,6)7)46-29-17-26(20-10-11-20)37-27-14-22(45-8)12-13-24(27)29;1-4-16-13-26(16,25(31)33-5-2)29-24(30)22-11-18(14-27-22)34-23-12-20(15-6-7-15)28-21-10-17(32-3)8-9-19(21)23;;/h10,14-16,19,22-23,25,27,30H,1,11-13,17-18,20-21H2,2-9H3,(H,40,43);9,12-14,17,20-21,23,25,28H,1,10-11,15-16,18-19H2,2-8H3,(H,38,41)(H,43,44);4,8-10,12,15-16,18,22,27H,1,5-7,11,13-14H2,2-3H3,(H,29,30);2*1H/t23-,25-,27-,30+,38-;21-,23-,25-,28+,36-;16-,18-,22+,26-;;/m111../s1. The lowest BCUT2D eigenvalue weighted by molar-refractivity contribution is -0.161. The van der Waals surface area contributed by atoms with E-state index in [1.807, 2.05) is 114 Å². The average Bonchev–Trinajstić information content (AvgIpc) is 1.62. The van der Waals surface area contributed by atoms with Crippen molar-refractivity contribution in [2.45, 2.75) is 269 Å². The number of rotatable bonds is 32. The Bertz CT molecular complexity index is 5380. The zero-order chi connectivity index (χ0) is 94.2. The van der Waals surface area contributed by atoms with Crippen LogP contribution in [0.4, 0.5) is 0 Å². The molecule has 32 heteroatoms. The minimum Gasteiger partial charge on any atom is -0.497 e. The van der Waals surface area contributed by atoms with Gasteiger partial charge in [0.2, 0.25) is 29.5 Å². The molecule has 9 fully saturated rings. The lowest BCUT2D eigenvalue weighted by Gasteiger charge is -2.35. The Morgan fingerprint density at radius 3 is 1.10 bits per heavy atom. The molecule has 5 N–H and O–H groups in total. The molecule has 3 aromatic heterocycles. The highest BCUT2D eigenvalue weighted by Gasteiger charge is 2.65. The fourth-order valence-corrected chi connectivity index (χ4v) is 17.8. The second-order valence-electron chi connectivity index (χ2n) is 40.2. The van der Waals surface area contributed by atoms with Gasteiger partial charge in [-0.05, 0) is 160 Å². The number of nitrogens with zero attached hydrogens (tertiary/aromatic N) is 5. The highest BCUT2D eigenvalue weighted by atomic mass is 35.5. The van der Waals surface area contributed by atoms with Gasteiger partial charge >= 0.3 is 29.8 Å². The van der Waals surface area contributed by atoms with E-state index in [0.29, 0.717) is 66.6 Å². The van der Waals surface area contributed by atoms with E-state index >= 15 is 0 Å². The number of carbonyl (C=O) groups is 10. The van der Waals surface area contributed by atoms with Gasteiger partial charge in [-0.2, -0.15) is 0 Å². The number of carboxylic acid groups (broad SMARTS) is 1. The highest BCUT2D eigenvalue weighted by molar-refractivity contribution is 5.99. The molecule has 6 aliphatic carbocycles. The molecule has 9 aliphatic rings. The van der Waals surface area contributed by atoms with Crippen molar-refractivity contribution < 1.29 is 100 Å². The number of aromatic nitrogens is 3. The predicted octanol–water partition coefficient (Wildman–Crippen LogP) is 14.2. The van der Waals surface area contributed by atoms with Crippen LogP contribution >= 0.6 is 24.8 Å². The van der Waals surface area contributed by atoms with Crippen LogP contribution in [0.15, 0.2) is 111 Å². The first-order valence-corrected chi connectivity index (χ1v) is 45.6. The smallest absolute Gasteiger partial charge is 0.332 e. The monoisotopic (exact) mass is 1860 g/mol. The number of aliphatic carboxylic acids is 1. The normalized spacial score (nSPS) is 24.9. The summed E-state index contributed by atoms with van der Waals surface area (Å²) in [5.41, 5.74) is -1.23. The zero-order valence-electron chi connectivity index (χ0n) is 79.0. The van der Waals surface area contributed by atoms with Crippen LogP contribution in [0.2, 0.25) is 0 Å². The summed E-state index contributed by atoms with van der Waals surface area (Å²) in [6.45, 7) is 37.9. The molecule has 6 aromatic rings. The number of benzene rings is 3. The van der Waals surface area contributed by atoms with E-state index in [0.717, 1.165) is 99.8 Å². The molecule has 0 spiro atoms. The quantitative estimate of drug-likeness (QED) is 0.0149. The minimum absolute atomic E-state index is 0. The number of methoxy groups -OCH3 is 3. The number of carboxylic acids is 1. The van der Waals surface area contributed by atoms with E-state index in [2.05, 4.69) is 41.0 Å². The lowest BCUT2D eigenvalue weighted by atomic mass is 9.77. The number of halogens is 2. The number of hydrogen-bond donors (Lipinski definition) is 5. The zero-order valence-corrected chi connectivity index (χ0v) is 80.6. The van der Waals surface area contributed by atoms with E-state index in [4.69, 9.17) is 62.3 Å². The Balaban J connectivity index is 0.000000192. The van der Waals surface area contributed by atoms with Crippen LogP contribution < -0.4 is 49.7 Å². The number of carbonyl (C=O) groups excluding carboxylic acids is 9. The molecule has 0 unspecified atom stereocenters. The van der Waals surface area contributed by atoms with E-state index in [1.54, 1.807) is 88.9 Å².